The van der Waals surface area contributed by atoms with E-state index in [-0.39, 0.29) is 13.2 Å². The summed E-state index contributed by atoms with van der Waals surface area (Å²) >= 11 is 6.13. The lowest BCUT2D eigenvalue weighted by Gasteiger charge is -2.30. The fourth-order valence-corrected chi connectivity index (χ4v) is 3.33. The monoisotopic (exact) mass is 377 g/mol. The Morgan fingerprint density at radius 1 is 1.08 bits per heavy atom. The van der Waals surface area contributed by atoms with Crippen molar-refractivity contribution in [2.45, 2.75) is 34.1 Å². The number of carbonyl (C=O) groups excluding carboxylic acids is 2. The predicted molar refractivity (Wildman–Crippen MR) is 101 cm³/mol. The molecule has 0 saturated heterocycles. The predicted octanol–water partition coefficient (Wildman–Crippen LogP) is 4.08. The minimum atomic E-state index is -0.448. The van der Waals surface area contributed by atoms with Crippen molar-refractivity contribution >= 4 is 29.2 Å². The van der Waals surface area contributed by atoms with Gasteiger partial charge in [0.1, 0.15) is 0 Å². The molecule has 1 unspecified atom stereocenters. The molecule has 140 valence electrons. The number of dihydropyridines is 1. The van der Waals surface area contributed by atoms with Crippen LogP contribution in [0.15, 0.2) is 41.1 Å². The molecular weight excluding hydrogens is 354 g/mol. The quantitative estimate of drug-likeness (QED) is 0.757. The largest absolute Gasteiger partial charge is 0.463 e. The van der Waals surface area contributed by atoms with Gasteiger partial charge in [-0.05, 0) is 44.9 Å². The number of esters is 2. The van der Waals surface area contributed by atoms with E-state index in [1.165, 1.54) is 0 Å². The first-order valence-corrected chi connectivity index (χ1v) is 9.14. The van der Waals surface area contributed by atoms with Crippen LogP contribution in [0.25, 0.3) is 5.70 Å². The molecule has 0 spiro atoms. The van der Waals surface area contributed by atoms with E-state index in [1.54, 1.807) is 32.9 Å². The molecule has 0 amide bonds. The molecule has 1 aromatic rings. The van der Waals surface area contributed by atoms with E-state index in [4.69, 9.17) is 21.1 Å². The van der Waals surface area contributed by atoms with Crippen molar-refractivity contribution in [3.05, 3.63) is 51.7 Å². The summed E-state index contributed by atoms with van der Waals surface area (Å²) in [4.78, 5) is 25.2. The fraction of sp³-hybridized carbons (Fsp3) is 0.400. The van der Waals surface area contributed by atoms with Crippen LogP contribution in [0, 0.1) is 5.92 Å². The third kappa shape index (κ3) is 4.10. The number of benzene rings is 1. The molecule has 2 rings (SSSR count). The Balaban J connectivity index is 2.63. The van der Waals surface area contributed by atoms with Crippen LogP contribution in [0.3, 0.4) is 0 Å². The minimum absolute atomic E-state index is 0.249. The lowest BCUT2D eigenvalue weighted by molar-refractivity contribution is -0.140. The molecule has 5 nitrogen and oxygen atoms in total. The minimum Gasteiger partial charge on any atom is -0.463 e. The molecule has 0 aromatic heterocycles. The SMILES string of the molecule is CCOC(=O)C1=C(C)NC(c2cccc(Cl)c2)=C(C(=O)OCC)C1CC. The molecule has 1 N–H and O–H groups in total. The van der Waals surface area contributed by atoms with E-state index in [1.807, 2.05) is 19.1 Å². The van der Waals surface area contributed by atoms with Crippen molar-refractivity contribution in [2.75, 3.05) is 13.2 Å². The number of hydrogen-bond acceptors (Lipinski definition) is 5. The lowest BCUT2D eigenvalue weighted by Crippen LogP contribution is -2.33. The first-order valence-electron chi connectivity index (χ1n) is 8.76. The standard InChI is InChI=1S/C20H24ClNO4/c1-5-15-16(19(23)25-6-2)12(4)22-18(17(15)20(24)26-7-3)13-9-8-10-14(21)11-13/h8-11,15,22H,5-7H2,1-4H3. The first-order chi connectivity index (χ1) is 12.4. The topological polar surface area (TPSA) is 64.6 Å². The van der Waals surface area contributed by atoms with Gasteiger partial charge in [0, 0.05) is 16.6 Å². The highest BCUT2D eigenvalue weighted by atomic mass is 35.5. The van der Waals surface area contributed by atoms with Gasteiger partial charge >= 0.3 is 11.9 Å². The number of rotatable bonds is 6. The van der Waals surface area contributed by atoms with E-state index in [9.17, 15) is 9.59 Å². The summed E-state index contributed by atoms with van der Waals surface area (Å²) < 4.78 is 10.5. The average molecular weight is 378 g/mol. The molecular formula is C20H24ClNO4. The maximum absolute atomic E-state index is 12.7. The number of hydrogen-bond donors (Lipinski definition) is 1. The van der Waals surface area contributed by atoms with Gasteiger partial charge in [0.05, 0.1) is 30.1 Å². The summed E-state index contributed by atoms with van der Waals surface area (Å²) in [6, 6.07) is 7.22. The van der Waals surface area contributed by atoms with Crippen LogP contribution in [0.1, 0.15) is 39.7 Å². The van der Waals surface area contributed by atoms with Crippen LogP contribution in [0.5, 0.6) is 0 Å². The van der Waals surface area contributed by atoms with Gasteiger partial charge in [-0.2, -0.15) is 0 Å². The number of nitrogens with one attached hydrogen (secondary N) is 1. The van der Waals surface area contributed by atoms with Gasteiger partial charge in [-0.1, -0.05) is 30.7 Å². The summed E-state index contributed by atoms with van der Waals surface area (Å²) in [5.74, 6) is -1.28. The van der Waals surface area contributed by atoms with E-state index in [2.05, 4.69) is 5.32 Å². The van der Waals surface area contributed by atoms with Crippen LogP contribution in [-0.4, -0.2) is 25.2 Å². The maximum Gasteiger partial charge on any atom is 0.336 e. The van der Waals surface area contributed by atoms with Crippen LogP contribution in [0.2, 0.25) is 5.02 Å². The van der Waals surface area contributed by atoms with Gasteiger partial charge in [-0.3, -0.25) is 0 Å². The summed E-state index contributed by atoms with van der Waals surface area (Å²) in [5, 5.41) is 3.76. The third-order valence-electron chi connectivity index (χ3n) is 4.19. The molecule has 0 saturated carbocycles. The molecule has 1 aromatic carbocycles. The van der Waals surface area contributed by atoms with Crippen molar-refractivity contribution in [1.29, 1.82) is 0 Å². The molecule has 6 heteroatoms. The van der Waals surface area contributed by atoms with E-state index in [0.717, 1.165) is 5.56 Å². The van der Waals surface area contributed by atoms with Crippen molar-refractivity contribution in [1.82, 2.24) is 5.32 Å². The zero-order valence-electron chi connectivity index (χ0n) is 15.5. The molecule has 1 atom stereocenters. The van der Waals surface area contributed by atoms with Crippen LogP contribution in [-0.2, 0) is 19.1 Å². The highest BCUT2D eigenvalue weighted by molar-refractivity contribution is 6.30. The van der Waals surface area contributed by atoms with Gasteiger partial charge in [0.25, 0.3) is 0 Å². The molecule has 1 aliphatic rings. The molecule has 0 bridgehead atoms. The van der Waals surface area contributed by atoms with Crippen LogP contribution >= 0.6 is 11.6 Å². The summed E-state index contributed by atoms with van der Waals surface area (Å²) in [6.45, 7) is 7.76. The Labute approximate surface area is 159 Å². The second-order valence-corrected chi connectivity index (χ2v) is 6.30. The zero-order chi connectivity index (χ0) is 19.3. The Bertz CT molecular complexity index is 767. The molecule has 0 fully saturated rings. The van der Waals surface area contributed by atoms with Gasteiger partial charge in [-0.15, -0.1) is 0 Å². The van der Waals surface area contributed by atoms with Crippen LogP contribution < -0.4 is 5.32 Å². The van der Waals surface area contributed by atoms with E-state index in [0.29, 0.717) is 34.0 Å². The number of ether oxygens (including phenoxy) is 2. The zero-order valence-corrected chi connectivity index (χ0v) is 16.3. The normalized spacial score (nSPS) is 17.0. The maximum atomic E-state index is 12.7. The van der Waals surface area contributed by atoms with Crippen LogP contribution in [0.4, 0.5) is 0 Å². The Kier molecular flexibility index (Phi) is 6.86. The lowest BCUT2D eigenvalue weighted by atomic mass is 9.82. The Morgan fingerprint density at radius 3 is 2.23 bits per heavy atom. The molecule has 1 aliphatic heterocycles. The highest BCUT2D eigenvalue weighted by Crippen LogP contribution is 2.37. The van der Waals surface area contributed by atoms with Gasteiger partial charge < -0.3 is 14.8 Å². The molecule has 26 heavy (non-hydrogen) atoms. The van der Waals surface area contributed by atoms with Gasteiger partial charge in [-0.25, -0.2) is 9.59 Å². The number of carbonyl (C=O) groups is 2. The summed E-state index contributed by atoms with van der Waals surface area (Å²) in [7, 11) is 0. The molecule has 0 aliphatic carbocycles. The summed E-state index contributed by atoms with van der Waals surface area (Å²) in [5.41, 5.74) is 2.93. The second kappa shape index (κ2) is 8.90. The van der Waals surface area contributed by atoms with Gasteiger partial charge in [0.15, 0.2) is 0 Å². The average Bonchev–Trinajstić information content (AvgIpc) is 2.60. The second-order valence-electron chi connectivity index (χ2n) is 5.86. The highest BCUT2D eigenvalue weighted by Gasteiger charge is 2.37. The molecule has 1 heterocycles. The number of allylic oxidation sites excluding steroid dienone is 1. The Hall–Kier alpha value is -2.27. The Morgan fingerprint density at radius 2 is 1.69 bits per heavy atom. The van der Waals surface area contributed by atoms with E-state index >= 15 is 0 Å². The fourth-order valence-electron chi connectivity index (χ4n) is 3.14. The first kappa shape index (κ1) is 20.0. The third-order valence-corrected chi connectivity index (χ3v) is 4.43. The van der Waals surface area contributed by atoms with Crippen molar-refractivity contribution in [2.24, 2.45) is 5.92 Å². The van der Waals surface area contributed by atoms with Gasteiger partial charge in [0.2, 0.25) is 0 Å². The molecule has 0 radical (unpaired) electrons. The number of halogens is 1. The van der Waals surface area contributed by atoms with Crippen molar-refractivity contribution in [3.63, 3.8) is 0 Å². The van der Waals surface area contributed by atoms with Crippen molar-refractivity contribution in [3.8, 4) is 0 Å². The summed E-state index contributed by atoms with van der Waals surface area (Å²) in [6.07, 6.45) is 0.561. The van der Waals surface area contributed by atoms with E-state index < -0.39 is 17.9 Å². The smallest absolute Gasteiger partial charge is 0.336 e. The van der Waals surface area contributed by atoms with Crippen molar-refractivity contribution < 1.29 is 19.1 Å².